The number of halogens is 4. The maximum Gasteiger partial charge on any atom is 0.144 e. The van der Waals surface area contributed by atoms with Gasteiger partial charge < -0.3 is 10.0 Å². The van der Waals surface area contributed by atoms with Crippen LogP contribution in [-0.2, 0) is 0 Å². The molecule has 146 valence electrons. The first-order valence-corrected chi connectivity index (χ1v) is 11.3. The maximum atomic E-state index is 9.80. The fraction of sp³-hybridized carbons (Fsp3) is 0.350. The van der Waals surface area contributed by atoms with Gasteiger partial charge in [-0.25, -0.2) is 0 Å². The summed E-state index contributed by atoms with van der Waals surface area (Å²) < 4.78 is 1.20. The first-order chi connectivity index (χ1) is 13.0. The van der Waals surface area contributed by atoms with Crippen molar-refractivity contribution in [3.63, 3.8) is 0 Å². The van der Waals surface area contributed by atoms with Crippen molar-refractivity contribution in [1.29, 1.82) is 0 Å². The highest BCUT2D eigenvalue weighted by Crippen LogP contribution is 2.36. The van der Waals surface area contributed by atoms with Crippen LogP contribution in [0.1, 0.15) is 24.0 Å². The van der Waals surface area contributed by atoms with Crippen LogP contribution >= 0.6 is 55.1 Å². The predicted molar refractivity (Wildman–Crippen MR) is 125 cm³/mol. The number of nitrogens with zero attached hydrogens (tertiary/aromatic N) is 2. The molecule has 2 aromatic carbocycles. The van der Waals surface area contributed by atoms with Crippen molar-refractivity contribution in [1.82, 2.24) is 0 Å². The number of phenols is 1. The third-order valence-electron chi connectivity index (χ3n) is 4.10. The van der Waals surface area contributed by atoms with E-state index in [1.54, 1.807) is 12.1 Å². The number of aliphatic imine (C=N–C) groups is 1. The van der Waals surface area contributed by atoms with Crippen LogP contribution in [0.5, 0.6) is 5.75 Å². The second-order valence-electron chi connectivity index (χ2n) is 6.13. The minimum absolute atomic E-state index is 0.170. The molecule has 0 radical (unpaired) electrons. The molecule has 2 aromatic rings. The first-order valence-electron chi connectivity index (χ1n) is 8.66. The Labute approximate surface area is 187 Å². The molecule has 2 rings (SSSR count). The second kappa shape index (κ2) is 11.3. The first kappa shape index (κ1) is 22.5. The van der Waals surface area contributed by atoms with Crippen LogP contribution in [0.25, 0.3) is 0 Å². The Morgan fingerprint density at radius 1 is 1.04 bits per heavy atom. The molecule has 0 saturated heterocycles. The van der Waals surface area contributed by atoms with Gasteiger partial charge in [0.05, 0.1) is 14.6 Å². The molecule has 0 amide bonds. The van der Waals surface area contributed by atoms with E-state index in [1.165, 1.54) is 5.69 Å². The quantitative estimate of drug-likeness (QED) is 0.275. The van der Waals surface area contributed by atoms with Gasteiger partial charge in [0.15, 0.2) is 0 Å². The molecule has 0 bridgehead atoms. The molecule has 0 aromatic heterocycles. The zero-order valence-corrected chi connectivity index (χ0v) is 19.7. The topological polar surface area (TPSA) is 35.8 Å². The van der Waals surface area contributed by atoms with E-state index in [4.69, 9.17) is 23.2 Å². The molecule has 0 unspecified atom stereocenters. The van der Waals surface area contributed by atoms with Gasteiger partial charge >= 0.3 is 0 Å². The summed E-state index contributed by atoms with van der Waals surface area (Å²) >= 11 is 18.4. The Hall–Kier alpha value is -0.750. The Bertz CT molecular complexity index is 769. The third-order valence-corrected chi connectivity index (χ3v) is 5.84. The molecule has 0 aliphatic heterocycles. The van der Waals surface area contributed by atoms with Crippen molar-refractivity contribution in [3.8, 4) is 5.75 Å². The normalized spacial score (nSPS) is 11.3. The molecule has 0 atom stereocenters. The number of hydrogen-bond donors (Lipinski definition) is 1. The fourth-order valence-electron chi connectivity index (χ4n) is 2.64. The van der Waals surface area contributed by atoms with Crippen molar-refractivity contribution in [2.45, 2.75) is 19.8 Å². The van der Waals surface area contributed by atoms with Crippen molar-refractivity contribution >= 4 is 72.7 Å². The van der Waals surface area contributed by atoms with Gasteiger partial charge in [-0.1, -0.05) is 6.07 Å². The average molecular weight is 537 g/mol. The van der Waals surface area contributed by atoms with E-state index in [-0.39, 0.29) is 5.75 Å². The molecule has 27 heavy (non-hydrogen) atoms. The van der Waals surface area contributed by atoms with E-state index in [2.05, 4.69) is 66.9 Å². The number of anilines is 1. The zero-order chi connectivity index (χ0) is 19.8. The standard InChI is InChI=1S/C20H22Br2Cl2N2O/c1-14-10-17(26(8-2-6-23)9-3-7-24)5-4-15(14)13-25-16-11-18(21)20(27)19(22)12-16/h4-5,10-13,27H,2-3,6-9H2,1H3. The fourth-order valence-corrected chi connectivity index (χ4v) is 4.04. The summed E-state index contributed by atoms with van der Waals surface area (Å²) in [7, 11) is 0. The molecule has 0 aliphatic rings. The number of aromatic hydroxyl groups is 1. The van der Waals surface area contributed by atoms with Crippen LogP contribution < -0.4 is 4.90 Å². The van der Waals surface area contributed by atoms with Gasteiger partial charge in [0, 0.05) is 36.8 Å². The lowest BCUT2D eigenvalue weighted by atomic mass is 10.1. The van der Waals surface area contributed by atoms with Gasteiger partial charge in [-0.05, 0) is 87.0 Å². The van der Waals surface area contributed by atoms with Crippen LogP contribution in [0.3, 0.4) is 0 Å². The number of alkyl halides is 2. The summed E-state index contributed by atoms with van der Waals surface area (Å²) in [6, 6.07) is 9.92. The number of phenolic OH excluding ortho intramolecular Hbond substituents is 1. The van der Waals surface area contributed by atoms with Crippen molar-refractivity contribution in [2.24, 2.45) is 4.99 Å². The molecular weight excluding hydrogens is 515 g/mol. The Kier molecular flexibility index (Phi) is 9.43. The lowest BCUT2D eigenvalue weighted by Gasteiger charge is -2.25. The van der Waals surface area contributed by atoms with Gasteiger partial charge in [-0.3, -0.25) is 4.99 Å². The molecule has 0 fully saturated rings. The summed E-state index contributed by atoms with van der Waals surface area (Å²) in [4.78, 5) is 6.86. The number of rotatable bonds is 9. The Balaban J connectivity index is 2.19. The van der Waals surface area contributed by atoms with Gasteiger partial charge in [0.25, 0.3) is 0 Å². The largest absolute Gasteiger partial charge is 0.506 e. The second-order valence-corrected chi connectivity index (χ2v) is 8.59. The summed E-state index contributed by atoms with van der Waals surface area (Å²) in [5, 5.41) is 9.80. The average Bonchev–Trinajstić information content (AvgIpc) is 2.65. The van der Waals surface area contributed by atoms with Crippen LogP contribution in [0, 0.1) is 6.92 Å². The lowest BCUT2D eigenvalue weighted by molar-refractivity contribution is 0.468. The molecule has 0 spiro atoms. The maximum absolute atomic E-state index is 9.80. The molecule has 7 heteroatoms. The van der Waals surface area contributed by atoms with Gasteiger partial charge in [-0.2, -0.15) is 0 Å². The van der Waals surface area contributed by atoms with Crippen LogP contribution in [0.2, 0.25) is 0 Å². The number of benzene rings is 2. The van der Waals surface area contributed by atoms with Gasteiger partial charge in [0.2, 0.25) is 0 Å². The van der Waals surface area contributed by atoms with Crippen LogP contribution in [-0.4, -0.2) is 36.2 Å². The minimum atomic E-state index is 0.170. The summed E-state index contributed by atoms with van der Waals surface area (Å²) in [6.45, 7) is 3.92. The lowest BCUT2D eigenvalue weighted by Crippen LogP contribution is -2.26. The molecule has 3 nitrogen and oxygen atoms in total. The van der Waals surface area contributed by atoms with Crippen molar-refractivity contribution < 1.29 is 5.11 Å². The SMILES string of the molecule is Cc1cc(N(CCCCl)CCCCl)ccc1C=Nc1cc(Br)c(O)c(Br)c1. The van der Waals surface area contributed by atoms with Crippen LogP contribution in [0.15, 0.2) is 44.3 Å². The molecule has 0 aliphatic carbocycles. The zero-order valence-electron chi connectivity index (χ0n) is 15.1. The Morgan fingerprint density at radius 2 is 1.63 bits per heavy atom. The molecule has 1 N–H and O–H groups in total. The highest BCUT2D eigenvalue weighted by atomic mass is 79.9. The van der Waals surface area contributed by atoms with Gasteiger partial charge in [-0.15, -0.1) is 23.2 Å². The monoisotopic (exact) mass is 534 g/mol. The van der Waals surface area contributed by atoms with Crippen molar-refractivity contribution in [2.75, 3.05) is 29.7 Å². The minimum Gasteiger partial charge on any atom is -0.506 e. The molecule has 0 saturated carbocycles. The van der Waals surface area contributed by atoms with E-state index < -0.39 is 0 Å². The van der Waals surface area contributed by atoms with Crippen molar-refractivity contribution in [3.05, 3.63) is 50.4 Å². The third kappa shape index (κ3) is 6.67. The van der Waals surface area contributed by atoms with E-state index in [1.807, 2.05) is 6.21 Å². The number of aryl methyl sites for hydroxylation is 1. The summed E-state index contributed by atoms with van der Waals surface area (Å²) in [6.07, 6.45) is 3.72. The number of hydrogen-bond acceptors (Lipinski definition) is 3. The Morgan fingerprint density at radius 3 is 2.15 bits per heavy atom. The van der Waals surface area contributed by atoms with Gasteiger partial charge in [0.1, 0.15) is 5.75 Å². The highest BCUT2D eigenvalue weighted by molar-refractivity contribution is 9.11. The van der Waals surface area contributed by atoms with E-state index in [0.717, 1.165) is 42.7 Å². The smallest absolute Gasteiger partial charge is 0.144 e. The highest BCUT2D eigenvalue weighted by Gasteiger charge is 2.08. The van der Waals surface area contributed by atoms with E-state index in [9.17, 15) is 5.11 Å². The molecule has 0 heterocycles. The molecular formula is C20H22Br2Cl2N2O. The van der Waals surface area contributed by atoms with E-state index in [0.29, 0.717) is 20.7 Å². The summed E-state index contributed by atoms with van der Waals surface area (Å²) in [5.41, 5.74) is 4.12. The summed E-state index contributed by atoms with van der Waals surface area (Å²) in [5.74, 6) is 1.47. The predicted octanol–water partition coefficient (Wildman–Crippen LogP) is 7.04. The van der Waals surface area contributed by atoms with Crippen LogP contribution in [0.4, 0.5) is 11.4 Å². The van der Waals surface area contributed by atoms with E-state index >= 15 is 0 Å².